The highest BCUT2D eigenvalue weighted by Gasteiger charge is 2.12. The second-order valence-electron chi connectivity index (χ2n) is 6.15. The van der Waals surface area contributed by atoms with Crippen LogP contribution < -0.4 is 19.5 Å². The monoisotopic (exact) mass is 390 g/mol. The number of hydrogen-bond acceptors (Lipinski definition) is 5. The Morgan fingerprint density at radius 3 is 2.63 bits per heavy atom. The largest absolute Gasteiger partial charge is 0.493 e. The maximum atomic E-state index is 12.1. The first-order valence-electron chi connectivity index (χ1n) is 8.42. The van der Waals surface area contributed by atoms with Gasteiger partial charge in [-0.2, -0.15) is 0 Å². The molecule has 1 N–H and O–H groups in total. The first-order chi connectivity index (χ1) is 12.9. The molecule has 0 fully saturated rings. The van der Waals surface area contributed by atoms with E-state index in [-0.39, 0.29) is 5.91 Å². The third kappa shape index (κ3) is 6.18. The summed E-state index contributed by atoms with van der Waals surface area (Å²) in [6, 6.07) is 6.86. The minimum Gasteiger partial charge on any atom is -0.493 e. The van der Waals surface area contributed by atoms with Crippen molar-refractivity contribution in [3.63, 3.8) is 0 Å². The molecule has 2 rings (SSSR count). The van der Waals surface area contributed by atoms with Crippen LogP contribution in [0.15, 0.2) is 36.5 Å². The summed E-state index contributed by atoms with van der Waals surface area (Å²) >= 11 is 6.31. The molecule has 1 heterocycles. The molecule has 2 aromatic rings. The molecular weight excluding hydrogens is 368 g/mol. The molecule has 0 spiro atoms. The van der Waals surface area contributed by atoms with E-state index >= 15 is 0 Å². The predicted molar refractivity (Wildman–Crippen MR) is 107 cm³/mol. The molecule has 0 saturated carbocycles. The Hall–Kier alpha value is -2.73. The number of carbonyl (C=O) groups excluding carboxylic acids is 1. The fraction of sp³-hybridized carbons (Fsp3) is 0.300. The molecule has 0 aliphatic carbocycles. The maximum Gasteiger partial charge on any atom is 0.248 e. The van der Waals surface area contributed by atoms with Gasteiger partial charge in [0.05, 0.1) is 37.7 Å². The van der Waals surface area contributed by atoms with Crippen molar-refractivity contribution in [1.29, 1.82) is 0 Å². The van der Waals surface area contributed by atoms with Crippen molar-refractivity contribution in [3.05, 3.63) is 47.1 Å². The zero-order chi connectivity index (χ0) is 19.8. The van der Waals surface area contributed by atoms with Crippen molar-refractivity contribution >= 4 is 29.3 Å². The quantitative estimate of drug-likeness (QED) is 0.675. The number of amides is 1. The highest BCUT2D eigenvalue weighted by Crippen LogP contribution is 2.37. The number of ether oxygens (including phenoxy) is 3. The van der Waals surface area contributed by atoms with Crippen molar-refractivity contribution in [3.8, 4) is 17.4 Å². The Morgan fingerprint density at radius 1 is 1.26 bits per heavy atom. The number of anilines is 1. The first kappa shape index (κ1) is 20.6. The van der Waals surface area contributed by atoms with Crippen LogP contribution in [0, 0.1) is 5.92 Å². The smallest absolute Gasteiger partial charge is 0.248 e. The number of nitrogens with one attached hydrogen (secondary N) is 1. The normalized spacial score (nSPS) is 10.9. The van der Waals surface area contributed by atoms with E-state index in [2.05, 4.69) is 24.1 Å². The van der Waals surface area contributed by atoms with Gasteiger partial charge in [-0.1, -0.05) is 25.4 Å². The summed E-state index contributed by atoms with van der Waals surface area (Å²) in [6.45, 7) is 4.63. The molecule has 0 radical (unpaired) electrons. The number of rotatable bonds is 8. The summed E-state index contributed by atoms with van der Waals surface area (Å²) in [5, 5.41) is 3.14. The fourth-order valence-corrected chi connectivity index (χ4v) is 2.43. The Bertz CT molecular complexity index is 804. The zero-order valence-electron chi connectivity index (χ0n) is 15.8. The number of benzene rings is 1. The van der Waals surface area contributed by atoms with Crippen LogP contribution in [0.2, 0.25) is 5.02 Å². The topological polar surface area (TPSA) is 69.7 Å². The van der Waals surface area contributed by atoms with Crippen molar-refractivity contribution < 1.29 is 19.0 Å². The lowest BCUT2D eigenvalue weighted by atomic mass is 10.1. The Morgan fingerprint density at radius 2 is 2.04 bits per heavy atom. The van der Waals surface area contributed by atoms with Gasteiger partial charge in [0.15, 0.2) is 11.5 Å². The van der Waals surface area contributed by atoms with Crippen molar-refractivity contribution in [2.75, 3.05) is 26.1 Å². The Balaban J connectivity index is 2.08. The molecule has 1 amide bonds. The van der Waals surface area contributed by atoms with Crippen LogP contribution in [0.3, 0.4) is 0 Å². The van der Waals surface area contributed by atoms with Gasteiger partial charge >= 0.3 is 0 Å². The van der Waals surface area contributed by atoms with E-state index in [0.29, 0.717) is 40.6 Å². The van der Waals surface area contributed by atoms with E-state index in [1.807, 2.05) is 0 Å². The van der Waals surface area contributed by atoms with Gasteiger partial charge in [0.1, 0.15) is 0 Å². The number of nitrogens with zero attached hydrogens (tertiary/aromatic N) is 1. The first-order valence-corrected chi connectivity index (χ1v) is 8.80. The highest BCUT2D eigenvalue weighted by atomic mass is 35.5. The molecule has 0 saturated heterocycles. The minimum atomic E-state index is -0.294. The van der Waals surface area contributed by atoms with Crippen molar-refractivity contribution in [1.82, 2.24) is 4.98 Å². The van der Waals surface area contributed by atoms with Crippen molar-refractivity contribution in [2.45, 2.75) is 13.8 Å². The van der Waals surface area contributed by atoms with E-state index in [1.165, 1.54) is 19.4 Å². The average Bonchev–Trinajstić information content (AvgIpc) is 2.65. The number of pyridine rings is 1. The van der Waals surface area contributed by atoms with E-state index in [1.54, 1.807) is 37.5 Å². The number of halogens is 1. The Kier molecular flexibility index (Phi) is 7.49. The van der Waals surface area contributed by atoms with Gasteiger partial charge in [0.25, 0.3) is 0 Å². The molecule has 144 valence electrons. The van der Waals surface area contributed by atoms with Gasteiger partial charge in [-0.25, -0.2) is 4.98 Å². The third-order valence-corrected chi connectivity index (χ3v) is 3.73. The number of methoxy groups -OCH3 is 2. The number of carbonyl (C=O) groups is 1. The summed E-state index contributed by atoms with van der Waals surface area (Å²) in [5.41, 5.74) is 1.29. The van der Waals surface area contributed by atoms with Crippen LogP contribution >= 0.6 is 11.6 Å². The standard InChI is InChI=1S/C20H23ClN2O4/c1-13(2)12-27-20-16(21)9-14(10-17(20)25-3)5-7-18(24)23-15-6-8-19(26-4)22-11-15/h5-11,13H,12H2,1-4H3,(H,23,24)/b7-5+. The summed E-state index contributed by atoms with van der Waals surface area (Å²) in [7, 11) is 3.08. The molecule has 0 atom stereocenters. The zero-order valence-corrected chi connectivity index (χ0v) is 16.5. The lowest BCUT2D eigenvalue weighted by Gasteiger charge is -2.14. The Labute approximate surface area is 164 Å². The SMILES string of the molecule is COc1ccc(NC(=O)/C=C/c2cc(Cl)c(OCC(C)C)c(OC)c2)cn1. The second-order valence-corrected chi connectivity index (χ2v) is 6.56. The fourth-order valence-electron chi connectivity index (χ4n) is 2.16. The summed E-state index contributed by atoms with van der Waals surface area (Å²) in [5.74, 6) is 1.56. The van der Waals surface area contributed by atoms with Crippen LogP contribution in [0.1, 0.15) is 19.4 Å². The van der Waals surface area contributed by atoms with Gasteiger partial charge < -0.3 is 19.5 Å². The van der Waals surface area contributed by atoms with Crippen LogP contribution in [0.4, 0.5) is 5.69 Å². The van der Waals surface area contributed by atoms with Crippen LogP contribution in [0.25, 0.3) is 6.08 Å². The maximum absolute atomic E-state index is 12.1. The van der Waals surface area contributed by atoms with Gasteiger partial charge in [-0.15, -0.1) is 0 Å². The van der Waals surface area contributed by atoms with E-state index in [9.17, 15) is 4.79 Å². The molecular formula is C20H23ClN2O4. The summed E-state index contributed by atoms with van der Waals surface area (Å²) < 4.78 is 16.1. The van der Waals surface area contributed by atoms with Gasteiger partial charge in [0.2, 0.25) is 11.8 Å². The predicted octanol–water partition coefficient (Wildman–Crippen LogP) is 4.44. The molecule has 0 bridgehead atoms. The molecule has 1 aromatic carbocycles. The molecule has 0 unspecified atom stereocenters. The molecule has 1 aromatic heterocycles. The van der Waals surface area contributed by atoms with Crippen LogP contribution in [-0.2, 0) is 4.79 Å². The summed E-state index contributed by atoms with van der Waals surface area (Å²) in [4.78, 5) is 16.1. The lowest BCUT2D eigenvalue weighted by molar-refractivity contribution is -0.111. The minimum absolute atomic E-state index is 0.294. The van der Waals surface area contributed by atoms with E-state index in [4.69, 9.17) is 25.8 Å². The molecule has 0 aliphatic heterocycles. The molecule has 7 heteroatoms. The molecule has 6 nitrogen and oxygen atoms in total. The van der Waals surface area contributed by atoms with Gasteiger partial charge in [-0.3, -0.25) is 4.79 Å². The summed E-state index contributed by atoms with van der Waals surface area (Å²) in [6.07, 6.45) is 4.57. The molecule has 27 heavy (non-hydrogen) atoms. The average molecular weight is 391 g/mol. The van der Waals surface area contributed by atoms with E-state index < -0.39 is 0 Å². The molecule has 0 aliphatic rings. The number of aromatic nitrogens is 1. The van der Waals surface area contributed by atoms with E-state index in [0.717, 1.165) is 5.56 Å². The van der Waals surface area contributed by atoms with Crippen LogP contribution in [0.5, 0.6) is 17.4 Å². The van der Waals surface area contributed by atoms with Crippen LogP contribution in [-0.4, -0.2) is 31.7 Å². The lowest BCUT2D eigenvalue weighted by Crippen LogP contribution is -2.08. The van der Waals surface area contributed by atoms with Gasteiger partial charge in [0, 0.05) is 12.1 Å². The third-order valence-electron chi connectivity index (χ3n) is 3.45. The van der Waals surface area contributed by atoms with Gasteiger partial charge in [-0.05, 0) is 35.8 Å². The van der Waals surface area contributed by atoms with Crippen molar-refractivity contribution in [2.24, 2.45) is 5.92 Å². The second kappa shape index (κ2) is 9.83. The highest BCUT2D eigenvalue weighted by molar-refractivity contribution is 6.32. The number of hydrogen-bond donors (Lipinski definition) is 1.